The maximum absolute atomic E-state index is 8.43. The van der Waals surface area contributed by atoms with Crippen LogP contribution in [-0.2, 0) is 18.9 Å². The first-order chi connectivity index (χ1) is 7.34. The van der Waals surface area contributed by atoms with E-state index in [9.17, 15) is 0 Å². The lowest BCUT2D eigenvalue weighted by molar-refractivity contribution is -0.0161. The van der Waals surface area contributed by atoms with E-state index in [-0.39, 0.29) is 18.8 Å². The van der Waals surface area contributed by atoms with E-state index in [0.29, 0.717) is 33.0 Å². The average molecular weight is 220 g/mol. The largest absolute Gasteiger partial charge is 0.394 e. The molecule has 0 radical (unpaired) electrons. The second kappa shape index (κ2) is 8.01. The van der Waals surface area contributed by atoms with Crippen molar-refractivity contribution in [3.05, 3.63) is 0 Å². The monoisotopic (exact) mass is 220 g/mol. The van der Waals surface area contributed by atoms with Crippen LogP contribution in [0.15, 0.2) is 0 Å². The first-order valence-corrected chi connectivity index (χ1v) is 5.34. The average Bonchev–Trinajstić information content (AvgIpc) is 3.05. The molecule has 1 fully saturated rings. The molecule has 0 aromatic carbocycles. The van der Waals surface area contributed by atoms with Gasteiger partial charge in [0.25, 0.3) is 0 Å². The third-order valence-corrected chi connectivity index (χ3v) is 2.10. The van der Waals surface area contributed by atoms with Crippen molar-refractivity contribution in [1.29, 1.82) is 0 Å². The van der Waals surface area contributed by atoms with Crippen LogP contribution in [0.1, 0.15) is 6.92 Å². The van der Waals surface area contributed by atoms with Gasteiger partial charge in [-0.05, 0) is 6.92 Å². The van der Waals surface area contributed by atoms with E-state index in [1.807, 2.05) is 6.92 Å². The first kappa shape index (κ1) is 12.9. The molecule has 2 unspecified atom stereocenters. The second-order valence-electron chi connectivity index (χ2n) is 3.40. The molecule has 0 bridgehead atoms. The lowest BCUT2D eigenvalue weighted by Gasteiger charge is -2.10. The molecule has 5 nitrogen and oxygen atoms in total. The predicted molar refractivity (Wildman–Crippen MR) is 53.9 cm³/mol. The maximum Gasteiger partial charge on any atom is 0.107 e. The van der Waals surface area contributed by atoms with Gasteiger partial charge < -0.3 is 24.1 Å². The molecule has 1 aliphatic rings. The number of ether oxygens (including phenoxy) is 4. The van der Waals surface area contributed by atoms with Crippen LogP contribution < -0.4 is 0 Å². The van der Waals surface area contributed by atoms with Crippen LogP contribution in [0.3, 0.4) is 0 Å². The van der Waals surface area contributed by atoms with Gasteiger partial charge >= 0.3 is 0 Å². The number of hydrogen-bond donors (Lipinski definition) is 1. The van der Waals surface area contributed by atoms with Gasteiger partial charge in [-0.1, -0.05) is 0 Å². The lowest BCUT2D eigenvalue weighted by Crippen LogP contribution is -2.19. The Morgan fingerprint density at radius 3 is 2.40 bits per heavy atom. The van der Waals surface area contributed by atoms with Crippen LogP contribution >= 0.6 is 0 Å². The molecule has 0 amide bonds. The van der Waals surface area contributed by atoms with E-state index >= 15 is 0 Å². The maximum atomic E-state index is 8.43. The lowest BCUT2D eigenvalue weighted by atomic mass is 10.3. The third kappa shape index (κ3) is 6.81. The Bertz CT molecular complexity index is 149. The Balaban J connectivity index is 1.72. The molecule has 1 rings (SSSR count). The van der Waals surface area contributed by atoms with Crippen LogP contribution in [-0.4, -0.2) is 63.6 Å². The van der Waals surface area contributed by atoms with Crippen molar-refractivity contribution in [3.8, 4) is 0 Å². The normalized spacial score (nSPS) is 21.6. The van der Waals surface area contributed by atoms with Crippen molar-refractivity contribution < 1.29 is 24.1 Å². The van der Waals surface area contributed by atoms with Crippen LogP contribution in [0.4, 0.5) is 0 Å². The van der Waals surface area contributed by atoms with Gasteiger partial charge in [0.15, 0.2) is 0 Å². The fourth-order valence-electron chi connectivity index (χ4n) is 1.11. The molecule has 1 aliphatic heterocycles. The molecule has 1 saturated heterocycles. The molecule has 0 aliphatic carbocycles. The van der Waals surface area contributed by atoms with E-state index in [0.717, 1.165) is 6.61 Å². The zero-order valence-corrected chi connectivity index (χ0v) is 9.18. The van der Waals surface area contributed by atoms with E-state index in [1.54, 1.807) is 0 Å². The van der Waals surface area contributed by atoms with E-state index in [1.165, 1.54) is 0 Å². The first-order valence-electron chi connectivity index (χ1n) is 5.34. The van der Waals surface area contributed by atoms with Crippen molar-refractivity contribution in [2.24, 2.45) is 0 Å². The molecule has 1 heterocycles. The highest BCUT2D eigenvalue weighted by atomic mass is 16.6. The Labute approximate surface area is 90.3 Å². The molecule has 0 aromatic heterocycles. The molecule has 0 aromatic rings. The standard InChI is InChI=1S/C10H20O5/c1-9(10-8-15-10)14-7-6-13-5-4-12-3-2-11/h9-11H,2-8H2,1H3. The summed E-state index contributed by atoms with van der Waals surface area (Å²) >= 11 is 0. The summed E-state index contributed by atoms with van der Waals surface area (Å²) in [6.45, 7) is 5.46. The van der Waals surface area contributed by atoms with Gasteiger partial charge in [-0.3, -0.25) is 0 Å². The number of hydrogen-bond acceptors (Lipinski definition) is 5. The summed E-state index contributed by atoms with van der Waals surface area (Å²) in [5.74, 6) is 0. The summed E-state index contributed by atoms with van der Waals surface area (Å²) in [6, 6.07) is 0. The number of aliphatic hydroxyl groups is 1. The van der Waals surface area contributed by atoms with Crippen LogP contribution in [0.2, 0.25) is 0 Å². The molecular formula is C10H20O5. The van der Waals surface area contributed by atoms with Crippen LogP contribution in [0, 0.1) is 0 Å². The quantitative estimate of drug-likeness (QED) is 0.408. The van der Waals surface area contributed by atoms with E-state index < -0.39 is 0 Å². The summed E-state index contributed by atoms with van der Waals surface area (Å²) in [6.07, 6.45) is 0.456. The Morgan fingerprint density at radius 2 is 1.80 bits per heavy atom. The molecule has 1 N–H and O–H groups in total. The SMILES string of the molecule is CC(OCCOCCOCCO)C1CO1. The van der Waals surface area contributed by atoms with Gasteiger partial charge in [0.1, 0.15) is 6.10 Å². The van der Waals surface area contributed by atoms with E-state index in [2.05, 4.69) is 0 Å². The van der Waals surface area contributed by atoms with Crippen LogP contribution in [0.5, 0.6) is 0 Å². The summed E-state index contributed by atoms with van der Waals surface area (Å²) < 4.78 is 20.8. The molecule has 0 saturated carbocycles. The Hall–Kier alpha value is -0.200. The smallest absolute Gasteiger partial charge is 0.107 e. The highest BCUT2D eigenvalue weighted by Gasteiger charge is 2.29. The fourth-order valence-corrected chi connectivity index (χ4v) is 1.11. The Kier molecular flexibility index (Phi) is 6.87. The minimum absolute atomic E-state index is 0.0576. The molecular weight excluding hydrogens is 200 g/mol. The van der Waals surface area contributed by atoms with Gasteiger partial charge in [0.2, 0.25) is 0 Å². The van der Waals surface area contributed by atoms with Crippen molar-refractivity contribution in [2.75, 3.05) is 46.2 Å². The minimum Gasteiger partial charge on any atom is -0.394 e. The molecule has 90 valence electrons. The van der Waals surface area contributed by atoms with Crippen molar-refractivity contribution >= 4 is 0 Å². The third-order valence-electron chi connectivity index (χ3n) is 2.10. The predicted octanol–water partition coefficient (Wildman–Crippen LogP) is -0.184. The minimum atomic E-state index is 0.0576. The topological polar surface area (TPSA) is 60.5 Å². The molecule has 0 spiro atoms. The Morgan fingerprint density at radius 1 is 1.20 bits per heavy atom. The fraction of sp³-hybridized carbons (Fsp3) is 1.00. The molecule has 15 heavy (non-hydrogen) atoms. The molecule has 2 atom stereocenters. The number of rotatable bonds is 10. The summed E-state index contributed by atoms with van der Waals surface area (Å²) in [4.78, 5) is 0. The van der Waals surface area contributed by atoms with Gasteiger partial charge in [0, 0.05) is 0 Å². The van der Waals surface area contributed by atoms with Crippen molar-refractivity contribution in [3.63, 3.8) is 0 Å². The van der Waals surface area contributed by atoms with E-state index in [4.69, 9.17) is 24.1 Å². The summed E-state index contributed by atoms with van der Waals surface area (Å²) in [5, 5.41) is 8.43. The number of epoxide rings is 1. The van der Waals surface area contributed by atoms with Gasteiger partial charge in [-0.2, -0.15) is 0 Å². The highest BCUT2D eigenvalue weighted by molar-refractivity contribution is 4.75. The van der Waals surface area contributed by atoms with Gasteiger partial charge in [-0.25, -0.2) is 0 Å². The zero-order valence-electron chi connectivity index (χ0n) is 9.18. The van der Waals surface area contributed by atoms with Crippen molar-refractivity contribution in [1.82, 2.24) is 0 Å². The number of aliphatic hydroxyl groups excluding tert-OH is 1. The second-order valence-corrected chi connectivity index (χ2v) is 3.40. The molecule has 5 heteroatoms. The van der Waals surface area contributed by atoms with Crippen LogP contribution in [0.25, 0.3) is 0 Å². The van der Waals surface area contributed by atoms with Crippen molar-refractivity contribution in [2.45, 2.75) is 19.1 Å². The van der Waals surface area contributed by atoms with Gasteiger partial charge in [0.05, 0.1) is 52.4 Å². The summed E-state index contributed by atoms with van der Waals surface area (Å²) in [5.41, 5.74) is 0. The van der Waals surface area contributed by atoms with Gasteiger partial charge in [-0.15, -0.1) is 0 Å². The zero-order chi connectivity index (χ0) is 10.9. The summed E-state index contributed by atoms with van der Waals surface area (Å²) in [7, 11) is 0. The highest BCUT2D eigenvalue weighted by Crippen LogP contribution is 2.15.